The Labute approximate surface area is 176 Å². The summed E-state index contributed by atoms with van der Waals surface area (Å²) in [7, 11) is 0. The third kappa shape index (κ3) is 4.45. The van der Waals surface area contributed by atoms with Gasteiger partial charge in [0.05, 0.1) is 5.69 Å². The van der Waals surface area contributed by atoms with Crippen LogP contribution in [-0.4, -0.2) is 40.0 Å². The number of aromatic amines is 1. The number of likely N-dealkylation sites (tertiary alicyclic amines) is 1. The van der Waals surface area contributed by atoms with Crippen molar-refractivity contribution >= 4 is 17.5 Å². The van der Waals surface area contributed by atoms with Gasteiger partial charge < -0.3 is 10.2 Å². The molecule has 0 bridgehead atoms. The first-order valence-electron chi connectivity index (χ1n) is 9.78. The maximum atomic E-state index is 13.7. The predicted molar refractivity (Wildman–Crippen MR) is 107 cm³/mol. The molecule has 2 heterocycles. The number of hydrogen-bond donors (Lipinski definition) is 2. The lowest BCUT2D eigenvalue weighted by molar-refractivity contribution is 0.0711. The topological polar surface area (TPSA) is 78.1 Å². The highest BCUT2D eigenvalue weighted by atomic mass is 19.2. The molecule has 9 heteroatoms. The summed E-state index contributed by atoms with van der Waals surface area (Å²) in [5.41, 5.74) is 1.06. The van der Waals surface area contributed by atoms with Crippen molar-refractivity contribution in [1.29, 1.82) is 0 Å². The molecule has 2 aromatic carbocycles. The molecule has 3 aromatic rings. The van der Waals surface area contributed by atoms with Crippen molar-refractivity contribution in [2.24, 2.45) is 0 Å². The van der Waals surface area contributed by atoms with E-state index in [1.54, 1.807) is 17.0 Å². The van der Waals surface area contributed by atoms with Crippen LogP contribution < -0.4 is 5.32 Å². The number of nitrogens with one attached hydrogen (secondary N) is 2. The lowest BCUT2D eigenvalue weighted by atomic mass is 9.93. The minimum atomic E-state index is -1.06. The van der Waals surface area contributed by atoms with Crippen molar-refractivity contribution in [2.75, 3.05) is 18.4 Å². The van der Waals surface area contributed by atoms with E-state index in [9.17, 15) is 22.8 Å². The summed E-state index contributed by atoms with van der Waals surface area (Å²) in [6.45, 7) is 0.858. The summed E-state index contributed by atoms with van der Waals surface area (Å²) in [6.07, 6.45) is 1.23. The fourth-order valence-corrected chi connectivity index (χ4v) is 3.62. The molecule has 6 nitrogen and oxygen atoms in total. The molecule has 0 aliphatic carbocycles. The van der Waals surface area contributed by atoms with Gasteiger partial charge in [-0.15, -0.1) is 0 Å². The maximum Gasteiger partial charge on any atom is 0.276 e. The second-order valence-electron chi connectivity index (χ2n) is 7.34. The Balaban J connectivity index is 1.36. The number of hydrogen-bond acceptors (Lipinski definition) is 3. The number of amides is 2. The predicted octanol–water partition coefficient (Wildman–Crippen LogP) is 4.10. The molecule has 1 aromatic heterocycles. The van der Waals surface area contributed by atoms with Gasteiger partial charge in [0.25, 0.3) is 11.8 Å². The number of H-pyrrole nitrogens is 1. The zero-order valence-corrected chi connectivity index (χ0v) is 16.4. The summed E-state index contributed by atoms with van der Waals surface area (Å²) >= 11 is 0. The third-order valence-corrected chi connectivity index (χ3v) is 5.34. The SMILES string of the molecule is O=C(Nc1ccccc1F)c1cc(C2CCN(C(=O)c3ccc(F)c(F)c3)CC2)[nH]n1. The Morgan fingerprint density at radius 1 is 0.968 bits per heavy atom. The van der Waals surface area contributed by atoms with Crippen LogP contribution in [0.15, 0.2) is 48.5 Å². The Kier molecular flexibility index (Phi) is 5.75. The zero-order valence-electron chi connectivity index (χ0n) is 16.4. The van der Waals surface area contributed by atoms with Crippen LogP contribution in [0.3, 0.4) is 0 Å². The molecule has 31 heavy (non-hydrogen) atoms. The van der Waals surface area contributed by atoms with Crippen LogP contribution in [0.1, 0.15) is 45.3 Å². The molecule has 1 aliphatic rings. The molecule has 0 spiro atoms. The van der Waals surface area contributed by atoms with E-state index in [1.807, 2.05) is 0 Å². The van der Waals surface area contributed by atoms with Crippen molar-refractivity contribution in [3.63, 3.8) is 0 Å². The van der Waals surface area contributed by atoms with Gasteiger partial charge in [-0.25, -0.2) is 13.2 Å². The van der Waals surface area contributed by atoms with E-state index in [4.69, 9.17) is 0 Å². The summed E-state index contributed by atoms with van der Waals surface area (Å²) in [5, 5.41) is 9.35. The smallest absolute Gasteiger partial charge is 0.276 e. The van der Waals surface area contributed by atoms with Gasteiger partial charge in [-0.05, 0) is 49.2 Å². The number of aromatic nitrogens is 2. The van der Waals surface area contributed by atoms with Gasteiger partial charge in [0, 0.05) is 30.3 Å². The van der Waals surface area contributed by atoms with Crippen molar-refractivity contribution in [1.82, 2.24) is 15.1 Å². The summed E-state index contributed by atoms with van der Waals surface area (Å²) < 4.78 is 40.2. The first-order valence-corrected chi connectivity index (χ1v) is 9.78. The van der Waals surface area contributed by atoms with Crippen LogP contribution in [-0.2, 0) is 0 Å². The number of carbonyl (C=O) groups is 2. The monoisotopic (exact) mass is 428 g/mol. The van der Waals surface area contributed by atoms with Crippen molar-refractivity contribution in [2.45, 2.75) is 18.8 Å². The molecule has 160 valence electrons. The Morgan fingerprint density at radius 3 is 2.42 bits per heavy atom. The third-order valence-electron chi connectivity index (χ3n) is 5.34. The van der Waals surface area contributed by atoms with E-state index < -0.39 is 23.4 Å². The lowest BCUT2D eigenvalue weighted by Crippen LogP contribution is -2.38. The highest BCUT2D eigenvalue weighted by Gasteiger charge is 2.27. The fourth-order valence-electron chi connectivity index (χ4n) is 3.62. The minimum Gasteiger partial charge on any atom is -0.339 e. The van der Waals surface area contributed by atoms with Gasteiger partial charge in [-0.1, -0.05) is 12.1 Å². The van der Waals surface area contributed by atoms with Crippen LogP contribution in [0.2, 0.25) is 0 Å². The molecular weight excluding hydrogens is 409 g/mol. The summed E-state index contributed by atoms with van der Waals surface area (Å²) in [6, 6.07) is 10.6. The molecule has 0 atom stereocenters. The van der Waals surface area contributed by atoms with Gasteiger partial charge in [0.15, 0.2) is 17.3 Å². The van der Waals surface area contributed by atoms with E-state index in [0.717, 1.165) is 17.8 Å². The first-order chi connectivity index (χ1) is 14.9. The summed E-state index contributed by atoms with van der Waals surface area (Å²) in [4.78, 5) is 26.5. The minimum absolute atomic E-state index is 0.0523. The quantitative estimate of drug-likeness (QED) is 0.657. The average molecular weight is 428 g/mol. The number of anilines is 1. The Bertz CT molecular complexity index is 1120. The van der Waals surface area contributed by atoms with E-state index in [-0.39, 0.29) is 28.8 Å². The average Bonchev–Trinajstić information content (AvgIpc) is 3.27. The highest BCUT2D eigenvalue weighted by Crippen LogP contribution is 2.28. The first kappa shape index (κ1) is 20.6. The van der Waals surface area contributed by atoms with Crippen molar-refractivity contribution in [3.8, 4) is 0 Å². The van der Waals surface area contributed by atoms with Crippen LogP contribution in [0.5, 0.6) is 0 Å². The number of rotatable bonds is 4. The van der Waals surface area contributed by atoms with Gasteiger partial charge >= 0.3 is 0 Å². The normalized spacial score (nSPS) is 14.5. The number of piperidine rings is 1. The molecule has 2 N–H and O–H groups in total. The van der Waals surface area contributed by atoms with Gasteiger partial charge in [-0.2, -0.15) is 5.10 Å². The number of benzene rings is 2. The number of nitrogens with zero attached hydrogens (tertiary/aromatic N) is 2. The van der Waals surface area contributed by atoms with E-state index in [2.05, 4.69) is 15.5 Å². The molecule has 2 amide bonds. The molecule has 1 aliphatic heterocycles. The van der Waals surface area contributed by atoms with Crippen molar-refractivity contribution in [3.05, 3.63) is 82.9 Å². The van der Waals surface area contributed by atoms with Gasteiger partial charge in [-0.3, -0.25) is 14.7 Å². The number of carbonyl (C=O) groups excluding carboxylic acids is 2. The largest absolute Gasteiger partial charge is 0.339 e. The van der Waals surface area contributed by atoms with Crippen molar-refractivity contribution < 1.29 is 22.8 Å². The van der Waals surface area contributed by atoms with E-state index >= 15 is 0 Å². The van der Waals surface area contributed by atoms with E-state index in [1.165, 1.54) is 24.3 Å². The maximum absolute atomic E-state index is 13.7. The highest BCUT2D eigenvalue weighted by molar-refractivity contribution is 6.03. The molecule has 0 unspecified atom stereocenters. The van der Waals surface area contributed by atoms with Crippen LogP contribution >= 0.6 is 0 Å². The second kappa shape index (κ2) is 8.63. The van der Waals surface area contributed by atoms with Crippen LogP contribution in [0.4, 0.5) is 18.9 Å². The molecule has 4 rings (SSSR count). The standard InChI is InChI=1S/C22H19F3N4O2/c23-15-6-5-14(11-17(15)25)22(31)29-9-7-13(8-10-29)19-12-20(28-27-19)21(30)26-18-4-2-1-3-16(18)24/h1-6,11-13H,7-10H2,(H,26,30)(H,27,28). The second-order valence-corrected chi connectivity index (χ2v) is 7.34. The molecule has 0 saturated carbocycles. The van der Waals surface area contributed by atoms with Gasteiger partial charge in [0.2, 0.25) is 0 Å². The number of halogens is 3. The van der Waals surface area contributed by atoms with E-state index in [0.29, 0.717) is 25.9 Å². The van der Waals surface area contributed by atoms with Crippen LogP contribution in [0, 0.1) is 17.5 Å². The van der Waals surface area contributed by atoms with Crippen LogP contribution in [0.25, 0.3) is 0 Å². The fraction of sp³-hybridized carbons (Fsp3) is 0.227. The Hall–Kier alpha value is -3.62. The molecule has 0 radical (unpaired) electrons. The summed E-state index contributed by atoms with van der Waals surface area (Å²) in [5.74, 6) is -3.42. The van der Waals surface area contributed by atoms with Gasteiger partial charge in [0.1, 0.15) is 5.82 Å². The zero-order chi connectivity index (χ0) is 22.0. The molecular formula is C22H19F3N4O2. The molecule has 1 fully saturated rings. The Morgan fingerprint density at radius 2 is 1.71 bits per heavy atom. The lowest BCUT2D eigenvalue weighted by Gasteiger charge is -2.31. The molecule has 1 saturated heterocycles. The number of para-hydroxylation sites is 1.